The summed E-state index contributed by atoms with van der Waals surface area (Å²) in [5.74, 6) is 0.261. The topological polar surface area (TPSA) is 67.4 Å². The molecule has 2 aromatic rings. The Morgan fingerprint density at radius 2 is 2.00 bits per heavy atom. The first-order valence-electron chi connectivity index (χ1n) is 6.71. The zero-order valence-corrected chi connectivity index (χ0v) is 12.3. The van der Waals surface area contributed by atoms with Gasteiger partial charge in [0.1, 0.15) is 5.75 Å². The number of nitrogens with one attached hydrogen (secondary N) is 2. The molecule has 6 heteroatoms. The second-order valence-corrected chi connectivity index (χ2v) is 5.29. The van der Waals surface area contributed by atoms with Gasteiger partial charge in [-0.15, -0.1) is 0 Å². The van der Waals surface area contributed by atoms with Crippen LogP contribution in [-0.2, 0) is 11.3 Å². The van der Waals surface area contributed by atoms with Crippen molar-refractivity contribution in [1.29, 1.82) is 0 Å². The molecule has 0 bridgehead atoms. The van der Waals surface area contributed by atoms with E-state index in [4.69, 9.17) is 16.3 Å². The van der Waals surface area contributed by atoms with Crippen molar-refractivity contribution < 1.29 is 14.3 Å². The lowest BCUT2D eigenvalue weighted by atomic mass is 10.1. The molecule has 0 aliphatic carbocycles. The van der Waals surface area contributed by atoms with Gasteiger partial charge in [0.15, 0.2) is 6.61 Å². The lowest BCUT2D eigenvalue weighted by Gasteiger charge is -2.18. The van der Waals surface area contributed by atoms with Gasteiger partial charge in [0.05, 0.1) is 5.69 Å². The van der Waals surface area contributed by atoms with Gasteiger partial charge < -0.3 is 15.4 Å². The van der Waals surface area contributed by atoms with Crippen molar-refractivity contribution in [3.8, 4) is 5.75 Å². The maximum atomic E-state index is 12.0. The highest BCUT2D eigenvalue weighted by Crippen LogP contribution is 2.28. The van der Waals surface area contributed by atoms with Crippen molar-refractivity contribution in [1.82, 2.24) is 5.32 Å². The molecule has 2 amide bonds. The molecule has 1 aliphatic heterocycles. The summed E-state index contributed by atoms with van der Waals surface area (Å²) in [6.45, 7) is 0.379. The van der Waals surface area contributed by atoms with E-state index >= 15 is 0 Å². The van der Waals surface area contributed by atoms with Crippen LogP contribution < -0.4 is 15.4 Å². The third kappa shape index (κ3) is 3.20. The molecule has 1 heterocycles. The third-order valence-corrected chi connectivity index (χ3v) is 3.49. The monoisotopic (exact) mass is 316 g/mol. The van der Waals surface area contributed by atoms with Gasteiger partial charge >= 0.3 is 0 Å². The number of benzene rings is 2. The lowest BCUT2D eigenvalue weighted by Crippen LogP contribution is -2.26. The van der Waals surface area contributed by atoms with Crippen LogP contribution in [0.25, 0.3) is 0 Å². The summed E-state index contributed by atoms with van der Waals surface area (Å²) in [6, 6.07) is 12.1. The van der Waals surface area contributed by atoms with Gasteiger partial charge in [0.2, 0.25) is 0 Å². The van der Waals surface area contributed by atoms with Gasteiger partial charge in [-0.1, -0.05) is 17.7 Å². The molecule has 3 rings (SSSR count). The maximum absolute atomic E-state index is 12.0. The van der Waals surface area contributed by atoms with Gasteiger partial charge in [0.25, 0.3) is 11.8 Å². The average molecular weight is 317 g/mol. The molecule has 0 saturated heterocycles. The normalized spacial score (nSPS) is 12.9. The molecule has 2 N–H and O–H groups in total. The molecular formula is C16H13ClN2O3. The number of ether oxygens (including phenoxy) is 1. The standard InChI is InChI=1S/C16H13ClN2O3/c17-12-4-2-11(3-5-12)16(21)18-8-10-1-6-14-13(7-10)19-15(20)9-22-14/h1-7H,8-9H2,(H,18,21)(H,19,20). The summed E-state index contributed by atoms with van der Waals surface area (Å²) >= 11 is 5.79. The first-order chi connectivity index (χ1) is 10.6. The SMILES string of the molecule is O=C1COc2ccc(CNC(=O)c3ccc(Cl)cc3)cc2N1. The van der Waals surface area contributed by atoms with Gasteiger partial charge in [-0.2, -0.15) is 0 Å². The summed E-state index contributed by atoms with van der Waals surface area (Å²) in [6.07, 6.45) is 0. The minimum absolute atomic E-state index is 0.0274. The van der Waals surface area contributed by atoms with Crippen molar-refractivity contribution >= 4 is 29.1 Å². The molecule has 2 aromatic carbocycles. The second-order valence-electron chi connectivity index (χ2n) is 4.86. The highest BCUT2D eigenvalue weighted by Gasteiger charge is 2.16. The molecule has 0 aromatic heterocycles. The Morgan fingerprint density at radius 1 is 1.23 bits per heavy atom. The predicted octanol–water partition coefficient (Wildman–Crippen LogP) is 2.60. The van der Waals surface area contributed by atoms with Crippen molar-refractivity contribution in [2.24, 2.45) is 0 Å². The van der Waals surface area contributed by atoms with Crippen molar-refractivity contribution in [2.45, 2.75) is 6.54 Å². The number of rotatable bonds is 3. The van der Waals surface area contributed by atoms with Crippen LogP contribution in [0.4, 0.5) is 5.69 Å². The number of halogens is 1. The highest BCUT2D eigenvalue weighted by atomic mass is 35.5. The van der Waals surface area contributed by atoms with E-state index in [9.17, 15) is 9.59 Å². The van der Waals surface area contributed by atoms with E-state index in [0.29, 0.717) is 28.6 Å². The van der Waals surface area contributed by atoms with E-state index in [1.54, 1.807) is 36.4 Å². The van der Waals surface area contributed by atoms with Crippen LogP contribution >= 0.6 is 11.6 Å². The largest absolute Gasteiger partial charge is 0.482 e. The van der Waals surface area contributed by atoms with E-state index in [1.807, 2.05) is 6.07 Å². The summed E-state index contributed by atoms with van der Waals surface area (Å²) in [7, 11) is 0. The summed E-state index contributed by atoms with van der Waals surface area (Å²) in [4.78, 5) is 23.3. The Hall–Kier alpha value is -2.53. The minimum atomic E-state index is -0.185. The molecule has 112 valence electrons. The van der Waals surface area contributed by atoms with Crippen LogP contribution in [0.5, 0.6) is 5.75 Å². The van der Waals surface area contributed by atoms with Crippen LogP contribution in [0.15, 0.2) is 42.5 Å². The van der Waals surface area contributed by atoms with Crippen molar-refractivity contribution in [3.63, 3.8) is 0 Å². The number of fused-ring (bicyclic) bond motifs is 1. The Kier molecular flexibility index (Phi) is 3.98. The fraction of sp³-hybridized carbons (Fsp3) is 0.125. The Morgan fingerprint density at radius 3 is 2.77 bits per heavy atom. The first-order valence-corrected chi connectivity index (χ1v) is 7.09. The molecule has 0 radical (unpaired) electrons. The van der Waals surface area contributed by atoms with Crippen molar-refractivity contribution in [3.05, 3.63) is 58.6 Å². The number of hydrogen-bond donors (Lipinski definition) is 2. The second kappa shape index (κ2) is 6.07. The molecule has 0 saturated carbocycles. The van der Waals surface area contributed by atoms with E-state index in [-0.39, 0.29) is 18.4 Å². The van der Waals surface area contributed by atoms with Crippen LogP contribution in [0.2, 0.25) is 5.02 Å². The summed E-state index contributed by atoms with van der Waals surface area (Å²) in [5, 5.41) is 6.14. The lowest BCUT2D eigenvalue weighted by molar-refractivity contribution is -0.118. The van der Waals surface area contributed by atoms with Crippen LogP contribution in [-0.4, -0.2) is 18.4 Å². The van der Waals surface area contributed by atoms with E-state index in [2.05, 4.69) is 10.6 Å². The molecule has 0 atom stereocenters. The Labute approximate surface area is 132 Å². The maximum Gasteiger partial charge on any atom is 0.262 e. The number of carbonyl (C=O) groups is 2. The summed E-state index contributed by atoms with van der Waals surface area (Å²) < 4.78 is 5.28. The fourth-order valence-electron chi connectivity index (χ4n) is 2.13. The molecule has 0 fully saturated rings. The first kappa shape index (κ1) is 14.4. The van der Waals surface area contributed by atoms with Gasteiger partial charge in [-0.3, -0.25) is 9.59 Å². The van der Waals surface area contributed by atoms with Gasteiger partial charge in [-0.05, 0) is 42.0 Å². The van der Waals surface area contributed by atoms with Gasteiger partial charge in [-0.25, -0.2) is 0 Å². The van der Waals surface area contributed by atoms with Crippen LogP contribution in [0.3, 0.4) is 0 Å². The fourth-order valence-corrected chi connectivity index (χ4v) is 2.25. The molecule has 1 aliphatic rings. The predicted molar refractivity (Wildman–Crippen MR) is 83.2 cm³/mol. The molecular weight excluding hydrogens is 304 g/mol. The molecule has 0 unspecified atom stereocenters. The number of anilines is 1. The van der Waals surface area contributed by atoms with Crippen LogP contribution in [0, 0.1) is 0 Å². The summed E-state index contributed by atoms with van der Waals surface area (Å²) in [5.41, 5.74) is 2.03. The van der Waals surface area contributed by atoms with Crippen molar-refractivity contribution in [2.75, 3.05) is 11.9 Å². The average Bonchev–Trinajstić information content (AvgIpc) is 2.53. The van der Waals surface area contributed by atoms with E-state index in [1.165, 1.54) is 0 Å². The van der Waals surface area contributed by atoms with Crippen LogP contribution in [0.1, 0.15) is 15.9 Å². The quantitative estimate of drug-likeness (QED) is 0.914. The zero-order valence-electron chi connectivity index (χ0n) is 11.6. The molecule has 0 spiro atoms. The van der Waals surface area contributed by atoms with Gasteiger partial charge in [0, 0.05) is 17.1 Å². The third-order valence-electron chi connectivity index (χ3n) is 3.24. The Balaban J connectivity index is 1.66. The zero-order chi connectivity index (χ0) is 15.5. The Bertz CT molecular complexity index is 729. The highest BCUT2D eigenvalue weighted by molar-refractivity contribution is 6.30. The minimum Gasteiger partial charge on any atom is -0.482 e. The number of hydrogen-bond acceptors (Lipinski definition) is 3. The number of amides is 2. The number of carbonyl (C=O) groups excluding carboxylic acids is 2. The van der Waals surface area contributed by atoms with E-state index in [0.717, 1.165) is 5.56 Å². The molecule has 22 heavy (non-hydrogen) atoms. The molecule has 5 nitrogen and oxygen atoms in total. The smallest absolute Gasteiger partial charge is 0.262 e. The van der Waals surface area contributed by atoms with E-state index < -0.39 is 0 Å².